The van der Waals surface area contributed by atoms with E-state index in [-0.39, 0.29) is 5.97 Å². The highest BCUT2D eigenvalue weighted by molar-refractivity contribution is 5.69. The first kappa shape index (κ1) is 29.4. The lowest BCUT2D eigenvalue weighted by Gasteiger charge is -2.07. The van der Waals surface area contributed by atoms with E-state index in [1.165, 1.54) is 77.0 Å². The average molecular weight is 431 g/mol. The van der Waals surface area contributed by atoms with Crippen LogP contribution in [0, 0.1) is 0 Å². The summed E-state index contributed by atoms with van der Waals surface area (Å²) in [5, 5.41) is 0. The van der Waals surface area contributed by atoms with Gasteiger partial charge in [-0.1, -0.05) is 90.9 Å². The lowest BCUT2D eigenvalue weighted by Crippen LogP contribution is -2.13. The number of carbonyl (C=O) groups excluding carboxylic acids is 1. The van der Waals surface area contributed by atoms with Crippen molar-refractivity contribution in [3.8, 4) is 0 Å². The fourth-order valence-corrected chi connectivity index (χ4v) is 3.25. The number of hydrogen-bond donors (Lipinski definition) is 0. The summed E-state index contributed by atoms with van der Waals surface area (Å²) in [7, 11) is 0. The van der Waals surface area contributed by atoms with Gasteiger partial charge in [-0.3, -0.25) is 4.79 Å². The Kier molecular flexibility index (Phi) is 25.8. The normalized spacial score (nSPS) is 11.1. The van der Waals surface area contributed by atoms with Gasteiger partial charge >= 0.3 is 5.97 Å². The van der Waals surface area contributed by atoms with Gasteiger partial charge in [-0.05, 0) is 12.8 Å². The Labute approximate surface area is 186 Å². The van der Waals surface area contributed by atoms with Crippen LogP contribution in [0.3, 0.4) is 0 Å². The van der Waals surface area contributed by atoms with Gasteiger partial charge in [0.1, 0.15) is 6.61 Å². The maximum absolute atomic E-state index is 11.1. The minimum atomic E-state index is -0.155. The van der Waals surface area contributed by atoms with Crippen LogP contribution in [-0.4, -0.2) is 52.2 Å². The van der Waals surface area contributed by atoms with Gasteiger partial charge in [0, 0.05) is 13.0 Å². The molecule has 0 aliphatic rings. The maximum Gasteiger partial charge on any atom is 0.305 e. The van der Waals surface area contributed by atoms with Crippen LogP contribution < -0.4 is 0 Å². The second-order valence-electron chi connectivity index (χ2n) is 8.05. The second-order valence-corrected chi connectivity index (χ2v) is 8.05. The Balaban J connectivity index is 3.03. The van der Waals surface area contributed by atoms with Crippen LogP contribution in [0.25, 0.3) is 0 Å². The van der Waals surface area contributed by atoms with Gasteiger partial charge in [0.2, 0.25) is 0 Å². The van der Waals surface area contributed by atoms with Gasteiger partial charge in [0.25, 0.3) is 0 Å². The van der Waals surface area contributed by atoms with Crippen molar-refractivity contribution >= 4 is 5.97 Å². The summed E-state index contributed by atoms with van der Waals surface area (Å²) in [5.41, 5.74) is 0. The molecule has 0 rings (SSSR count). The van der Waals surface area contributed by atoms with E-state index < -0.39 is 0 Å². The molecule has 0 unspecified atom stereocenters. The van der Waals surface area contributed by atoms with Gasteiger partial charge in [0.05, 0.1) is 33.0 Å². The molecule has 0 aromatic heterocycles. The minimum Gasteiger partial charge on any atom is -0.463 e. The first-order valence-electron chi connectivity index (χ1n) is 12.7. The number of ether oxygens (including phenoxy) is 4. The molecule has 0 aromatic rings. The Morgan fingerprint density at radius 3 is 1.33 bits per heavy atom. The van der Waals surface area contributed by atoms with Gasteiger partial charge < -0.3 is 18.9 Å². The molecule has 0 aliphatic carbocycles. The SMILES string of the molecule is CCCCCCCCCCCCCCCOCCOCCOCCOC(=O)CCC. The van der Waals surface area contributed by atoms with Gasteiger partial charge in [-0.2, -0.15) is 0 Å². The number of carbonyl (C=O) groups is 1. The molecular weight excluding hydrogens is 380 g/mol. The standard InChI is InChI=1S/C25H50O5/c1-3-5-6-7-8-9-10-11-12-13-14-15-16-18-27-19-20-28-21-22-29-23-24-30-25(26)17-4-2/h3-24H2,1-2H3. The molecule has 0 atom stereocenters. The third-order valence-corrected chi connectivity index (χ3v) is 5.08. The molecular formula is C25H50O5. The molecule has 5 heteroatoms. The van der Waals surface area contributed by atoms with Crippen LogP contribution in [0.4, 0.5) is 0 Å². The molecule has 0 aromatic carbocycles. The summed E-state index contributed by atoms with van der Waals surface area (Å²) >= 11 is 0. The highest BCUT2D eigenvalue weighted by Gasteiger charge is 1.99. The molecule has 0 fully saturated rings. The molecule has 0 spiro atoms. The average Bonchev–Trinajstić information content (AvgIpc) is 2.74. The predicted octanol–water partition coefficient (Wildman–Crippen LogP) is 6.47. The minimum absolute atomic E-state index is 0.155. The van der Waals surface area contributed by atoms with Crippen LogP contribution in [0.15, 0.2) is 0 Å². The zero-order chi connectivity index (χ0) is 22.0. The first-order valence-corrected chi connectivity index (χ1v) is 12.7. The molecule has 0 N–H and O–H groups in total. The maximum atomic E-state index is 11.1. The van der Waals surface area contributed by atoms with Crippen LogP contribution in [-0.2, 0) is 23.7 Å². The van der Waals surface area contributed by atoms with Crippen molar-refractivity contribution in [2.24, 2.45) is 0 Å². The van der Waals surface area contributed by atoms with E-state index in [9.17, 15) is 4.79 Å². The molecule has 0 heterocycles. The fourth-order valence-electron chi connectivity index (χ4n) is 3.25. The van der Waals surface area contributed by atoms with Crippen LogP contribution in [0.2, 0.25) is 0 Å². The third-order valence-electron chi connectivity index (χ3n) is 5.08. The summed E-state index contributed by atoms with van der Waals surface area (Å²) in [5.74, 6) is -0.155. The summed E-state index contributed by atoms with van der Waals surface area (Å²) in [4.78, 5) is 11.1. The van der Waals surface area contributed by atoms with Crippen molar-refractivity contribution in [3.05, 3.63) is 0 Å². The van der Waals surface area contributed by atoms with Gasteiger partial charge in [-0.15, -0.1) is 0 Å². The van der Waals surface area contributed by atoms with Crippen LogP contribution in [0.1, 0.15) is 110 Å². The van der Waals surface area contributed by atoms with Gasteiger partial charge in [0.15, 0.2) is 0 Å². The topological polar surface area (TPSA) is 54.0 Å². The van der Waals surface area contributed by atoms with E-state index in [4.69, 9.17) is 18.9 Å². The second kappa shape index (κ2) is 26.4. The van der Waals surface area contributed by atoms with E-state index in [0.717, 1.165) is 19.4 Å². The monoisotopic (exact) mass is 430 g/mol. The Bertz CT molecular complexity index is 336. The van der Waals surface area contributed by atoms with Crippen molar-refractivity contribution in [1.29, 1.82) is 0 Å². The number of unbranched alkanes of at least 4 members (excludes halogenated alkanes) is 12. The zero-order valence-electron chi connectivity index (χ0n) is 20.1. The van der Waals surface area contributed by atoms with Crippen LogP contribution >= 0.6 is 0 Å². The Morgan fingerprint density at radius 1 is 0.467 bits per heavy atom. The van der Waals surface area contributed by atoms with Crippen molar-refractivity contribution in [2.45, 2.75) is 110 Å². The van der Waals surface area contributed by atoms with Crippen molar-refractivity contribution in [2.75, 3.05) is 46.2 Å². The number of rotatable bonds is 25. The Morgan fingerprint density at radius 2 is 0.867 bits per heavy atom. The predicted molar refractivity (Wildman–Crippen MR) is 124 cm³/mol. The highest BCUT2D eigenvalue weighted by Crippen LogP contribution is 2.12. The molecule has 0 bridgehead atoms. The highest BCUT2D eigenvalue weighted by atomic mass is 16.6. The molecule has 0 amide bonds. The largest absolute Gasteiger partial charge is 0.463 e. The van der Waals surface area contributed by atoms with Gasteiger partial charge in [-0.25, -0.2) is 0 Å². The first-order chi connectivity index (χ1) is 14.8. The third kappa shape index (κ3) is 25.4. The fraction of sp³-hybridized carbons (Fsp3) is 0.960. The molecule has 180 valence electrons. The quantitative estimate of drug-likeness (QED) is 0.123. The molecule has 5 nitrogen and oxygen atoms in total. The van der Waals surface area contributed by atoms with E-state index in [1.54, 1.807) is 0 Å². The lowest BCUT2D eigenvalue weighted by molar-refractivity contribution is -0.145. The molecule has 0 saturated carbocycles. The summed E-state index contributed by atoms with van der Waals surface area (Å²) in [6, 6.07) is 0. The van der Waals surface area contributed by atoms with Crippen LogP contribution in [0.5, 0.6) is 0 Å². The van der Waals surface area contributed by atoms with E-state index in [2.05, 4.69) is 6.92 Å². The Hall–Kier alpha value is -0.650. The summed E-state index contributed by atoms with van der Waals surface area (Å²) in [6.45, 7) is 8.13. The molecule has 30 heavy (non-hydrogen) atoms. The van der Waals surface area contributed by atoms with Crippen molar-refractivity contribution in [3.63, 3.8) is 0 Å². The lowest BCUT2D eigenvalue weighted by atomic mass is 10.0. The van der Waals surface area contributed by atoms with E-state index in [0.29, 0.717) is 46.1 Å². The van der Waals surface area contributed by atoms with E-state index in [1.807, 2.05) is 6.92 Å². The number of esters is 1. The van der Waals surface area contributed by atoms with E-state index >= 15 is 0 Å². The number of hydrogen-bond acceptors (Lipinski definition) is 5. The zero-order valence-corrected chi connectivity index (χ0v) is 20.1. The molecule has 0 saturated heterocycles. The van der Waals surface area contributed by atoms with Crippen molar-refractivity contribution in [1.82, 2.24) is 0 Å². The summed E-state index contributed by atoms with van der Waals surface area (Å²) in [6.07, 6.45) is 19.1. The summed E-state index contributed by atoms with van der Waals surface area (Å²) < 4.78 is 21.4. The molecule has 0 radical (unpaired) electrons. The molecule has 0 aliphatic heterocycles. The van der Waals surface area contributed by atoms with Crippen molar-refractivity contribution < 1.29 is 23.7 Å². The smallest absolute Gasteiger partial charge is 0.305 e.